The second kappa shape index (κ2) is 9.69. The zero-order chi connectivity index (χ0) is 21.6. The van der Waals surface area contributed by atoms with E-state index in [0.717, 1.165) is 25.3 Å². The second-order valence-electron chi connectivity index (χ2n) is 8.20. The van der Waals surface area contributed by atoms with Crippen molar-refractivity contribution in [2.45, 2.75) is 33.2 Å². The average Bonchev–Trinajstić information content (AvgIpc) is 2.79. The third-order valence-electron chi connectivity index (χ3n) is 5.93. The highest BCUT2D eigenvalue weighted by atomic mass is 16.5. The Balaban J connectivity index is 1.27. The second-order valence-corrected chi connectivity index (χ2v) is 8.20. The first kappa shape index (κ1) is 21.0. The van der Waals surface area contributed by atoms with Crippen molar-refractivity contribution in [3.63, 3.8) is 0 Å². The lowest BCUT2D eigenvalue weighted by atomic mass is 10.0. The lowest BCUT2D eigenvalue weighted by Crippen LogP contribution is -2.29. The Labute approximate surface area is 184 Å². The van der Waals surface area contributed by atoms with Gasteiger partial charge in [-0.15, -0.1) is 0 Å². The molecule has 1 N–H and O–H groups in total. The van der Waals surface area contributed by atoms with Crippen LogP contribution in [0.25, 0.3) is 0 Å². The fraction of sp³-hybridized carbons (Fsp3) is 0.296. The van der Waals surface area contributed by atoms with E-state index in [1.165, 1.54) is 34.4 Å². The molecule has 0 aromatic heterocycles. The van der Waals surface area contributed by atoms with Crippen LogP contribution in [0.4, 0.5) is 5.69 Å². The van der Waals surface area contributed by atoms with Crippen molar-refractivity contribution < 1.29 is 9.53 Å². The SMILES string of the molecule is Cc1ccc(OCCNC(=O)c2ccc(CN3CCCc4ccccc43)cc2)cc1C. The van der Waals surface area contributed by atoms with Gasteiger partial charge in [0.25, 0.3) is 5.91 Å². The summed E-state index contributed by atoms with van der Waals surface area (Å²) in [7, 11) is 0. The predicted molar refractivity (Wildman–Crippen MR) is 126 cm³/mol. The normalized spacial score (nSPS) is 12.9. The molecule has 160 valence electrons. The molecule has 0 spiro atoms. The van der Waals surface area contributed by atoms with E-state index in [4.69, 9.17) is 4.74 Å². The molecule has 0 aliphatic carbocycles. The molecule has 0 radical (unpaired) electrons. The molecule has 0 bridgehead atoms. The Kier molecular flexibility index (Phi) is 6.56. The number of para-hydroxylation sites is 1. The van der Waals surface area contributed by atoms with Crippen molar-refractivity contribution >= 4 is 11.6 Å². The molecule has 0 fully saturated rings. The molecule has 1 aliphatic rings. The largest absolute Gasteiger partial charge is 0.492 e. The topological polar surface area (TPSA) is 41.6 Å². The number of nitrogens with one attached hydrogen (secondary N) is 1. The van der Waals surface area contributed by atoms with Crippen molar-refractivity contribution in [1.82, 2.24) is 5.32 Å². The Morgan fingerprint density at radius 1 is 1.00 bits per heavy atom. The van der Waals surface area contributed by atoms with E-state index in [1.54, 1.807) is 0 Å². The highest BCUT2D eigenvalue weighted by Crippen LogP contribution is 2.28. The fourth-order valence-corrected chi connectivity index (χ4v) is 4.00. The minimum Gasteiger partial charge on any atom is -0.492 e. The number of amides is 1. The van der Waals surface area contributed by atoms with Crippen molar-refractivity contribution in [2.75, 3.05) is 24.6 Å². The number of benzene rings is 3. The molecule has 0 unspecified atom stereocenters. The summed E-state index contributed by atoms with van der Waals surface area (Å²) in [4.78, 5) is 14.9. The number of nitrogens with zero attached hydrogens (tertiary/aromatic N) is 1. The number of carbonyl (C=O) groups excluding carboxylic acids is 1. The number of aryl methyl sites for hydroxylation is 3. The summed E-state index contributed by atoms with van der Waals surface area (Å²) in [6.07, 6.45) is 2.33. The summed E-state index contributed by atoms with van der Waals surface area (Å²) in [5.41, 5.74) is 7.09. The van der Waals surface area contributed by atoms with Crippen molar-refractivity contribution in [2.24, 2.45) is 0 Å². The summed E-state index contributed by atoms with van der Waals surface area (Å²) in [6, 6.07) is 22.6. The number of ether oxygens (including phenoxy) is 1. The minimum absolute atomic E-state index is 0.0708. The number of anilines is 1. The van der Waals surface area contributed by atoms with Crippen molar-refractivity contribution in [3.8, 4) is 5.75 Å². The minimum atomic E-state index is -0.0708. The molecule has 0 saturated carbocycles. The molecule has 3 aromatic carbocycles. The maximum absolute atomic E-state index is 12.4. The molecule has 4 nitrogen and oxygen atoms in total. The zero-order valence-electron chi connectivity index (χ0n) is 18.4. The van der Waals surface area contributed by atoms with Gasteiger partial charge in [0.2, 0.25) is 0 Å². The maximum Gasteiger partial charge on any atom is 0.251 e. The lowest BCUT2D eigenvalue weighted by Gasteiger charge is -2.31. The molecule has 1 heterocycles. The molecular weight excluding hydrogens is 384 g/mol. The highest BCUT2D eigenvalue weighted by molar-refractivity contribution is 5.94. The third kappa shape index (κ3) is 5.26. The van der Waals surface area contributed by atoms with Crippen LogP contribution in [0.1, 0.15) is 39.0 Å². The Bertz CT molecular complexity index is 1040. The number of fused-ring (bicyclic) bond motifs is 1. The fourth-order valence-electron chi connectivity index (χ4n) is 4.00. The van der Waals surface area contributed by atoms with Gasteiger partial charge in [0.15, 0.2) is 0 Å². The van der Waals surface area contributed by atoms with Crippen molar-refractivity contribution in [1.29, 1.82) is 0 Å². The third-order valence-corrected chi connectivity index (χ3v) is 5.93. The molecular formula is C27H30N2O2. The Hall–Kier alpha value is -3.27. The van der Waals surface area contributed by atoms with Crippen LogP contribution in [0.2, 0.25) is 0 Å². The van der Waals surface area contributed by atoms with Gasteiger partial charge in [-0.05, 0) is 79.3 Å². The van der Waals surface area contributed by atoms with E-state index in [1.807, 2.05) is 30.3 Å². The van der Waals surface area contributed by atoms with Crippen LogP contribution in [-0.4, -0.2) is 25.6 Å². The number of carbonyl (C=O) groups is 1. The Morgan fingerprint density at radius 2 is 1.81 bits per heavy atom. The summed E-state index contributed by atoms with van der Waals surface area (Å²) < 4.78 is 5.74. The molecule has 3 aromatic rings. The van der Waals surface area contributed by atoms with Gasteiger partial charge in [-0.3, -0.25) is 4.79 Å². The predicted octanol–water partition coefficient (Wildman–Crippen LogP) is 5.07. The van der Waals surface area contributed by atoms with Gasteiger partial charge in [0.1, 0.15) is 12.4 Å². The molecule has 1 amide bonds. The van der Waals surface area contributed by atoms with Crippen LogP contribution in [0, 0.1) is 13.8 Å². The molecule has 0 atom stereocenters. The number of hydrogen-bond acceptors (Lipinski definition) is 3. The molecule has 4 heteroatoms. The summed E-state index contributed by atoms with van der Waals surface area (Å²) in [5.74, 6) is 0.763. The standard InChI is InChI=1S/C27H30N2O2/c1-20-9-14-25(18-21(20)2)31-17-15-28-27(30)24-12-10-22(11-13-24)19-29-16-5-7-23-6-3-4-8-26(23)29/h3-4,6,8-14,18H,5,7,15-17,19H2,1-2H3,(H,28,30). The van der Waals surface area contributed by atoms with E-state index >= 15 is 0 Å². The van der Waals surface area contributed by atoms with Gasteiger partial charge >= 0.3 is 0 Å². The monoisotopic (exact) mass is 414 g/mol. The Morgan fingerprint density at radius 3 is 2.61 bits per heavy atom. The van der Waals surface area contributed by atoms with E-state index in [0.29, 0.717) is 18.7 Å². The number of hydrogen-bond donors (Lipinski definition) is 1. The van der Waals surface area contributed by atoms with Crippen molar-refractivity contribution in [3.05, 3.63) is 94.5 Å². The van der Waals surface area contributed by atoms with E-state index in [9.17, 15) is 4.79 Å². The number of rotatable bonds is 7. The lowest BCUT2D eigenvalue weighted by molar-refractivity contribution is 0.0947. The van der Waals surface area contributed by atoms with E-state index < -0.39 is 0 Å². The van der Waals surface area contributed by atoms with Gasteiger partial charge in [-0.2, -0.15) is 0 Å². The van der Waals surface area contributed by atoms with Gasteiger partial charge in [-0.1, -0.05) is 36.4 Å². The first-order valence-electron chi connectivity index (χ1n) is 11.0. The molecule has 0 saturated heterocycles. The zero-order valence-corrected chi connectivity index (χ0v) is 18.4. The summed E-state index contributed by atoms with van der Waals surface area (Å²) in [6.45, 7) is 7.00. The summed E-state index contributed by atoms with van der Waals surface area (Å²) in [5, 5.41) is 2.93. The van der Waals surface area contributed by atoms with Crippen LogP contribution in [0.15, 0.2) is 66.7 Å². The van der Waals surface area contributed by atoms with E-state index in [-0.39, 0.29) is 5.91 Å². The first-order valence-corrected chi connectivity index (χ1v) is 11.0. The molecule has 4 rings (SSSR count). The van der Waals surface area contributed by atoms with Crippen LogP contribution >= 0.6 is 0 Å². The van der Waals surface area contributed by atoms with Crippen LogP contribution < -0.4 is 15.0 Å². The average molecular weight is 415 g/mol. The molecule has 31 heavy (non-hydrogen) atoms. The molecule has 1 aliphatic heterocycles. The first-order chi connectivity index (χ1) is 15.1. The smallest absolute Gasteiger partial charge is 0.251 e. The van der Waals surface area contributed by atoms with E-state index in [2.05, 4.69) is 60.5 Å². The maximum atomic E-state index is 12.4. The van der Waals surface area contributed by atoms with Crippen LogP contribution in [-0.2, 0) is 13.0 Å². The van der Waals surface area contributed by atoms with Gasteiger partial charge in [-0.25, -0.2) is 0 Å². The van der Waals surface area contributed by atoms with Gasteiger partial charge in [0.05, 0.1) is 6.54 Å². The van der Waals surface area contributed by atoms with Gasteiger partial charge in [0, 0.05) is 24.3 Å². The van der Waals surface area contributed by atoms with Gasteiger partial charge < -0.3 is 15.0 Å². The van der Waals surface area contributed by atoms with Crippen LogP contribution in [0.5, 0.6) is 5.75 Å². The highest BCUT2D eigenvalue weighted by Gasteiger charge is 2.16. The summed E-state index contributed by atoms with van der Waals surface area (Å²) >= 11 is 0. The van der Waals surface area contributed by atoms with Crippen LogP contribution in [0.3, 0.4) is 0 Å². The quantitative estimate of drug-likeness (QED) is 0.549.